The van der Waals surface area contributed by atoms with Crippen molar-refractivity contribution in [2.45, 2.75) is 14.9 Å². The first-order valence-corrected chi connectivity index (χ1v) is 10.3. The van der Waals surface area contributed by atoms with Crippen LogP contribution in [0.3, 0.4) is 0 Å². The molecule has 3 rings (SSSR count). The number of halogens is 3. The number of carbonyl (C=O) groups is 1. The van der Waals surface area contributed by atoms with Crippen LogP contribution in [0.4, 0.5) is 5.13 Å². The van der Waals surface area contributed by atoms with Crippen molar-refractivity contribution in [3.8, 4) is 5.40 Å². The van der Waals surface area contributed by atoms with Crippen molar-refractivity contribution >= 4 is 79.2 Å². The van der Waals surface area contributed by atoms with Gasteiger partial charge in [0, 0.05) is 10.5 Å². The number of nitriles is 1. The lowest BCUT2D eigenvalue weighted by Gasteiger charge is -2.26. The molecule has 10 heteroatoms. The van der Waals surface area contributed by atoms with E-state index >= 15 is 0 Å². The van der Waals surface area contributed by atoms with Crippen molar-refractivity contribution in [1.29, 1.82) is 5.26 Å². The average Bonchev–Trinajstić information content (AvgIpc) is 3.03. The Morgan fingerprint density at radius 1 is 1.22 bits per heavy atom. The van der Waals surface area contributed by atoms with Gasteiger partial charge in [-0.05, 0) is 42.1 Å². The van der Waals surface area contributed by atoms with E-state index in [9.17, 15) is 4.79 Å². The van der Waals surface area contributed by atoms with Crippen LogP contribution < -0.4 is 10.6 Å². The predicted octanol–water partition coefficient (Wildman–Crippen LogP) is 5.41. The number of benzene rings is 2. The fraction of sp³-hybridized carbons (Fsp3) is 0.118. The first kappa shape index (κ1) is 20.1. The van der Waals surface area contributed by atoms with Gasteiger partial charge in [0.05, 0.1) is 10.2 Å². The fourth-order valence-electron chi connectivity index (χ4n) is 2.21. The number of alkyl halides is 3. The molecule has 1 heterocycles. The predicted molar refractivity (Wildman–Crippen MR) is 113 cm³/mol. The number of hydrogen-bond acceptors (Lipinski definition) is 6. The van der Waals surface area contributed by atoms with Crippen LogP contribution in [0, 0.1) is 10.7 Å². The number of nitrogens with one attached hydrogen (secondary N) is 2. The van der Waals surface area contributed by atoms with E-state index in [1.165, 1.54) is 11.3 Å². The van der Waals surface area contributed by atoms with Crippen molar-refractivity contribution in [3.05, 3.63) is 54.1 Å². The number of thioether (sulfide) groups is 1. The number of nitrogens with zero attached hydrogens (tertiary/aromatic N) is 2. The van der Waals surface area contributed by atoms with Gasteiger partial charge in [0.1, 0.15) is 11.6 Å². The van der Waals surface area contributed by atoms with E-state index in [1.807, 2.05) is 23.6 Å². The molecule has 5 nitrogen and oxygen atoms in total. The standard InChI is InChI=1S/C17H11Cl3N4OS2/c18-17(19,20)15(23-14(25)10-4-2-1-3-5-10)24-16-22-12-7-6-11(26-9-21)8-13(12)27-16/h1-8,15H,(H,22,24)(H,23,25). The van der Waals surface area contributed by atoms with Gasteiger partial charge in [-0.25, -0.2) is 4.98 Å². The van der Waals surface area contributed by atoms with Crippen molar-refractivity contribution in [3.63, 3.8) is 0 Å². The molecule has 0 saturated carbocycles. The third-order valence-electron chi connectivity index (χ3n) is 3.43. The van der Waals surface area contributed by atoms with Gasteiger partial charge in [-0.1, -0.05) is 64.3 Å². The minimum atomic E-state index is -1.80. The van der Waals surface area contributed by atoms with Crippen molar-refractivity contribution in [2.75, 3.05) is 5.32 Å². The van der Waals surface area contributed by atoms with Crippen LogP contribution in [-0.4, -0.2) is 20.8 Å². The maximum atomic E-state index is 12.4. The quantitative estimate of drug-likeness (QED) is 0.232. The zero-order chi connectivity index (χ0) is 19.4. The van der Waals surface area contributed by atoms with Crippen LogP contribution in [0.2, 0.25) is 0 Å². The normalized spacial score (nSPS) is 12.4. The fourth-order valence-corrected chi connectivity index (χ4v) is 3.96. The summed E-state index contributed by atoms with van der Waals surface area (Å²) >= 11 is 20.5. The molecule has 0 aliphatic heterocycles. The largest absolute Gasteiger partial charge is 0.338 e. The smallest absolute Gasteiger partial charge is 0.252 e. The van der Waals surface area contributed by atoms with Gasteiger partial charge in [0.25, 0.3) is 5.91 Å². The van der Waals surface area contributed by atoms with Crippen LogP contribution in [0.5, 0.6) is 0 Å². The molecule has 2 N–H and O–H groups in total. The van der Waals surface area contributed by atoms with Gasteiger partial charge in [0.2, 0.25) is 3.79 Å². The highest BCUT2D eigenvalue weighted by atomic mass is 35.6. The molecule has 0 aliphatic rings. The Kier molecular flexibility index (Phi) is 6.35. The average molecular weight is 458 g/mol. The number of amides is 1. The summed E-state index contributed by atoms with van der Waals surface area (Å²) in [6.45, 7) is 0. The van der Waals surface area contributed by atoms with Crippen molar-refractivity contribution in [2.24, 2.45) is 0 Å². The van der Waals surface area contributed by atoms with E-state index < -0.39 is 9.96 Å². The summed E-state index contributed by atoms with van der Waals surface area (Å²) in [7, 11) is 0. The Bertz CT molecular complexity index is 999. The Balaban J connectivity index is 1.81. The van der Waals surface area contributed by atoms with Gasteiger partial charge in [-0.3, -0.25) is 4.79 Å². The minimum Gasteiger partial charge on any atom is -0.338 e. The number of thiazole rings is 1. The second-order valence-corrected chi connectivity index (χ2v) is 9.56. The molecule has 3 aromatic rings. The van der Waals surface area contributed by atoms with E-state index in [0.717, 1.165) is 26.9 Å². The molecule has 0 saturated heterocycles. The van der Waals surface area contributed by atoms with Gasteiger partial charge < -0.3 is 10.6 Å². The Labute approximate surface area is 178 Å². The molecule has 1 amide bonds. The Morgan fingerprint density at radius 3 is 2.63 bits per heavy atom. The molecular weight excluding hydrogens is 447 g/mol. The maximum Gasteiger partial charge on any atom is 0.252 e. The topological polar surface area (TPSA) is 77.8 Å². The molecule has 1 aromatic heterocycles. The van der Waals surface area contributed by atoms with Gasteiger partial charge in [0.15, 0.2) is 5.13 Å². The van der Waals surface area contributed by atoms with Crippen molar-refractivity contribution < 1.29 is 4.79 Å². The van der Waals surface area contributed by atoms with Crippen LogP contribution in [0.1, 0.15) is 10.4 Å². The number of thiocyanates is 1. The van der Waals surface area contributed by atoms with E-state index in [4.69, 9.17) is 40.1 Å². The number of fused-ring (bicyclic) bond motifs is 1. The first-order chi connectivity index (χ1) is 12.9. The summed E-state index contributed by atoms with van der Waals surface area (Å²) in [4.78, 5) is 17.7. The summed E-state index contributed by atoms with van der Waals surface area (Å²) < 4.78 is -0.931. The molecular formula is C17H11Cl3N4OS2. The second kappa shape index (κ2) is 8.55. The lowest BCUT2D eigenvalue weighted by atomic mass is 10.2. The van der Waals surface area contributed by atoms with Crippen molar-refractivity contribution in [1.82, 2.24) is 10.3 Å². The third kappa shape index (κ3) is 5.18. The first-order valence-electron chi connectivity index (χ1n) is 7.52. The van der Waals surface area contributed by atoms with Gasteiger partial charge >= 0.3 is 0 Å². The van der Waals surface area contributed by atoms with Gasteiger partial charge in [-0.15, -0.1) is 0 Å². The van der Waals surface area contributed by atoms with E-state index in [0.29, 0.717) is 10.7 Å². The van der Waals surface area contributed by atoms with E-state index in [2.05, 4.69) is 15.6 Å². The molecule has 0 aliphatic carbocycles. The summed E-state index contributed by atoms with van der Waals surface area (Å²) in [6.07, 6.45) is -0.997. The molecule has 0 bridgehead atoms. The number of aromatic nitrogens is 1. The van der Waals surface area contributed by atoms with Crippen LogP contribution >= 0.6 is 57.9 Å². The lowest BCUT2D eigenvalue weighted by molar-refractivity contribution is 0.0942. The number of hydrogen-bond donors (Lipinski definition) is 2. The SMILES string of the molecule is N#CSc1ccc2nc(NC(NC(=O)c3ccccc3)C(Cl)(Cl)Cl)sc2c1. The zero-order valence-corrected chi connectivity index (χ0v) is 17.3. The Morgan fingerprint density at radius 2 is 1.96 bits per heavy atom. The molecule has 1 atom stereocenters. The van der Waals surface area contributed by atoms with E-state index in [1.54, 1.807) is 30.3 Å². The number of carbonyl (C=O) groups excluding carboxylic acids is 1. The maximum absolute atomic E-state index is 12.4. The molecule has 0 radical (unpaired) electrons. The molecule has 0 spiro atoms. The monoisotopic (exact) mass is 456 g/mol. The summed E-state index contributed by atoms with van der Waals surface area (Å²) in [5.41, 5.74) is 1.18. The number of rotatable bonds is 5. The summed E-state index contributed by atoms with van der Waals surface area (Å²) in [6, 6.07) is 14.1. The third-order valence-corrected chi connectivity index (χ3v) is 5.61. The minimum absolute atomic E-state index is 0.381. The highest BCUT2D eigenvalue weighted by molar-refractivity contribution is 8.03. The Hall–Kier alpha value is -1.69. The van der Waals surface area contributed by atoms with E-state index in [-0.39, 0.29) is 5.91 Å². The number of anilines is 1. The molecule has 27 heavy (non-hydrogen) atoms. The van der Waals surface area contributed by atoms with Crippen LogP contribution in [-0.2, 0) is 0 Å². The summed E-state index contributed by atoms with van der Waals surface area (Å²) in [5.74, 6) is -0.381. The van der Waals surface area contributed by atoms with Gasteiger partial charge in [-0.2, -0.15) is 5.26 Å². The molecule has 0 fully saturated rings. The highest BCUT2D eigenvalue weighted by Crippen LogP contribution is 2.34. The molecule has 138 valence electrons. The van der Waals surface area contributed by atoms with Crippen LogP contribution in [0.25, 0.3) is 10.2 Å². The van der Waals surface area contributed by atoms with Crippen LogP contribution in [0.15, 0.2) is 53.4 Å². The summed E-state index contributed by atoms with van der Waals surface area (Å²) in [5, 5.41) is 16.9. The molecule has 1 unspecified atom stereocenters. The second-order valence-electron chi connectivity index (χ2n) is 5.30. The zero-order valence-electron chi connectivity index (χ0n) is 13.4. The highest BCUT2D eigenvalue weighted by Gasteiger charge is 2.35. The lowest BCUT2D eigenvalue weighted by Crippen LogP contribution is -2.49. The molecule has 2 aromatic carbocycles.